The quantitative estimate of drug-likeness (QED) is 0.836. The van der Waals surface area contributed by atoms with Gasteiger partial charge < -0.3 is 4.90 Å². The minimum Gasteiger partial charge on any atom is -0.326 e. The standard InChI is InChI=1S/C19H26N2O2/c1-19(17(22)12-15-6-3-2-4-7-15)10-9-18(23)21(19)14-16-8-5-11-20-13-16/h5,8,11,13,15H,2-4,6-7,9-10,12,14H2,1H3. The first-order valence-electron chi connectivity index (χ1n) is 8.82. The first kappa shape index (κ1) is 16.2. The molecule has 1 aliphatic heterocycles. The lowest BCUT2D eigenvalue weighted by Crippen LogP contribution is -2.49. The monoisotopic (exact) mass is 314 g/mol. The third-order valence-corrected chi connectivity index (χ3v) is 5.59. The molecule has 2 fully saturated rings. The Morgan fingerprint density at radius 2 is 2.13 bits per heavy atom. The number of hydrogen-bond acceptors (Lipinski definition) is 3. The van der Waals surface area contributed by atoms with Crippen molar-refractivity contribution in [3.63, 3.8) is 0 Å². The minimum absolute atomic E-state index is 0.0911. The second-order valence-electron chi connectivity index (χ2n) is 7.25. The van der Waals surface area contributed by atoms with Crippen molar-refractivity contribution in [2.75, 3.05) is 0 Å². The Balaban J connectivity index is 1.72. The maximum absolute atomic E-state index is 13.0. The zero-order valence-electron chi connectivity index (χ0n) is 14.0. The molecule has 0 radical (unpaired) electrons. The highest BCUT2D eigenvalue weighted by Crippen LogP contribution is 2.36. The Morgan fingerprint density at radius 1 is 1.35 bits per heavy atom. The molecule has 1 aliphatic carbocycles. The summed E-state index contributed by atoms with van der Waals surface area (Å²) < 4.78 is 0. The van der Waals surface area contributed by atoms with Crippen LogP contribution in [0.2, 0.25) is 0 Å². The molecule has 2 aliphatic rings. The van der Waals surface area contributed by atoms with E-state index in [0.29, 0.717) is 31.7 Å². The van der Waals surface area contributed by atoms with Crippen LogP contribution in [-0.4, -0.2) is 27.1 Å². The highest BCUT2D eigenvalue weighted by atomic mass is 16.2. The van der Waals surface area contributed by atoms with Crippen molar-refractivity contribution in [1.82, 2.24) is 9.88 Å². The minimum atomic E-state index is -0.635. The summed E-state index contributed by atoms with van der Waals surface area (Å²) in [5.41, 5.74) is 0.351. The van der Waals surface area contributed by atoms with Crippen LogP contribution in [0, 0.1) is 5.92 Å². The summed E-state index contributed by atoms with van der Waals surface area (Å²) in [6, 6.07) is 3.84. The second kappa shape index (κ2) is 6.81. The number of nitrogens with zero attached hydrogens (tertiary/aromatic N) is 2. The third kappa shape index (κ3) is 3.46. The zero-order valence-corrected chi connectivity index (χ0v) is 14.0. The number of amides is 1. The molecule has 1 atom stereocenters. The molecule has 1 amide bonds. The fraction of sp³-hybridized carbons (Fsp3) is 0.632. The van der Waals surface area contributed by atoms with Crippen molar-refractivity contribution in [3.8, 4) is 0 Å². The summed E-state index contributed by atoms with van der Waals surface area (Å²) in [5, 5.41) is 0. The first-order chi connectivity index (χ1) is 11.1. The summed E-state index contributed by atoms with van der Waals surface area (Å²) in [4.78, 5) is 31.2. The average molecular weight is 314 g/mol. The average Bonchev–Trinajstić information content (AvgIpc) is 2.86. The molecule has 1 aromatic heterocycles. The van der Waals surface area contributed by atoms with E-state index in [-0.39, 0.29) is 11.7 Å². The lowest BCUT2D eigenvalue weighted by Gasteiger charge is -2.35. The van der Waals surface area contributed by atoms with Gasteiger partial charge in [0.2, 0.25) is 5.91 Å². The number of ketones is 1. The summed E-state index contributed by atoms with van der Waals surface area (Å²) in [6.45, 7) is 2.44. The normalized spacial score (nSPS) is 25.8. The number of Topliss-reactive ketones (excluding diaryl/α,β-unsaturated/α-hetero) is 1. The SMILES string of the molecule is CC1(C(=O)CC2CCCCC2)CCC(=O)N1Cc1cccnc1. The van der Waals surface area contributed by atoms with Crippen LogP contribution < -0.4 is 0 Å². The van der Waals surface area contributed by atoms with Gasteiger partial charge in [-0.2, -0.15) is 0 Å². The number of hydrogen-bond donors (Lipinski definition) is 0. The smallest absolute Gasteiger partial charge is 0.223 e. The number of pyridine rings is 1. The fourth-order valence-electron chi connectivity index (χ4n) is 4.00. The molecule has 4 heteroatoms. The van der Waals surface area contributed by atoms with Gasteiger partial charge in [-0.05, 0) is 30.9 Å². The van der Waals surface area contributed by atoms with Gasteiger partial charge in [0.05, 0.1) is 5.54 Å². The topological polar surface area (TPSA) is 50.3 Å². The van der Waals surface area contributed by atoms with Crippen LogP contribution in [0.3, 0.4) is 0 Å². The third-order valence-electron chi connectivity index (χ3n) is 5.59. The lowest BCUT2D eigenvalue weighted by molar-refractivity contribution is -0.140. The van der Waals surface area contributed by atoms with E-state index in [1.807, 2.05) is 19.1 Å². The molecule has 4 nitrogen and oxygen atoms in total. The van der Waals surface area contributed by atoms with E-state index < -0.39 is 5.54 Å². The van der Waals surface area contributed by atoms with Gasteiger partial charge >= 0.3 is 0 Å². The Bertz CT molecular complexity index is 566. The highest BCUT2D eigenvalue weighted by molar-refractivity contribution is 5.95. The summed E-state index contributed by atoms with van der Waals surface area (Å²) in [7, 11) is 0. The van der Waals surface area contributed by atoms with E-state index in [9.17, 15) is 9.59 Å². The molecule has 1 aromatic rings. The van der Waals surface area contributed by atoms with Crippen LogP contribution in [-0.2, 0) is 16.1 Å². The molecule has 0 N–H and O–H groups in total. The molecule has 3 rings (SSSR count). The van der Waals surface area contributed by atoms with Crippen molar-refractivity contribution in [2.24, 2.45) is 5.92 Å². The molecule has 0 spiro atoms. The van der Waals surface area contributed by atoms with Crippen molar-refractivity contribution in [2.45, 2.75) is 70.4 Å². The van der Waals surface area contributed by atoms with Gasteiger partial charge in [0.1, 0.15) is 0 Å². The Morgan fingerprint density at radius 3 is 2.83 bits per heavy atom. The van der Waals surface area contributed by atoms with Crippen LogP contribution >= 0.6 is 0 Å². The van der Waals surface area contributed by atoms with Gasteiger partial charge in [-0.15, -0.1) is 0 Å². The van der Waals surface area contributed by atoms with Gasteiger partial charge in [0, 0.05) is 31.8 Å². The number of carbonyl (C=O) groups is 2. The zero-order chi connectivity index (χ0) is 16.3. The van der Waals surface area contributed by atoms with Crippen molar-refractivity contribution in [1.29, 1.82) is 0 Å². The van der Waals surface area contributed by atoms with E-state index in [2.05, 4.69) is 4.98 Å². The van der Waals surface area contributed by atoms with Crippen molar-refractivity contribution >= 4 is 11.7 Å². The van der Waals surface area contributed by atoms with E-state index in [0.717, 1.165) is 5.56 Å². The van der Waals surface area contributed by atoms with Crippen molar-refractivity contribution < 1.29 is 9.59 Å². The molecule has 1 saturated heterocycles. The highest BCUT2D eigenvalue weighted by Gasteiger charge is 2.46. The number of carbonyl (C=O) groups excluding carboxylic acids is 2. The summed E-state index contributed by atoms with van der Waals surface area (Å²) in [5.74, 6) is 0.858. The molecule has 124 valence electrons. The van der Waals surface area contributed by atoms with Gasteiger partial charge in [-0.1, -0.05) is 38.2 Å². The van der Waals surface area contributed by atoms with Gasteiger partial charge in [0.15, 0.2) is 5.78 Å². The maximum atomic E-state index is 13.0. The van der Waals surface area contributed by atoms with E-state index in [1.165, 1.54) is 32.1 Å². The van der Waals surface area contributed by atoms with Crippen LogP contribution in [0.1, 0.15) is 63.9 Å². The Kier molecular flexibility index (Phi) is 4.79. The van der Waals surface area contributed by atoms with Crippen LogP contribution in [0.15, 0.2) is 24.5 Å². The molecule has 2 heterocycles. The van der Waals surface area contributed by atoms with E-state index in [1.54, 1.807) is 17.3 Å². The van der Waals surface area contributed by atoms with Gasteiger partial charge in [0.25, 0.3) is 0 Å². The van der Waals surface area contributed by atoms with Crippen LogP contribution in [0.5, 0.6) is 0 Å². The first-order valence-corrected chi connectivity index (χ1v) is 8.82. The number of rotatable bonds is 5. The molecule has 1 unspecified atom stereocenters. The number of aromatic nitrogens is 1. The second-order valence-corrected chi connectivity index (χ2v) is 7.25. The van der Waals surface area contributed by atoms with Crippen LogP contribution in [0.25, 0.3) is 0 Å². The lowest BCUT2D eigenvalue weighted by atomic mass is 9.81. The Hall–Kier alpha value is -1.71. The predicted molar refractivity (Wildman–Crippen MR) is 88.6 cm³/mol. The largest absolute Gasteiger partial charge is 0.326 e. The van der Waals surface area contributed by atoms with E-state index >= 15 is 0 Å². The molecular formula is C19H26N2O2. The summed E-state index contributed by atoms with van der Waals surface area (Å²) >= 11 is 0. The Labute approximate surface area is 138 Å². The van der Waals surface area contributed by atoms with Crippen molar-refractivity contribution in [3.05, 3.63) is 30.1 Å². The summed E-state index contributed by atoms with van der Waals surface area (Å²) in [6.07, 6.45) is 11.4. The van der Waals surface area contributed by atoms with E-state index in [4.69, 9.17) is 0 Å². The molecule has 23 heavy (non-hydrogen) atoms. The van der Waals surface area contributed by atoms with Crippen LogP contribution in [0.4, 0.5) is 0 Å². The predicted octanol–water partition coefficient (Wildman–Crippen LogP) is 3.50. The fourth-order valence-corrected chi connectivity index (χ4v) is 4.00. The number of likely N-dealkylation sites (tertiary alicyclic amines) is 1. The molecule has 0 bridgehead atoms. The van der Waals surface area contributed by atoms with Gasteiger partial charge in [-0.25, -0.2) is 0 Å². The molecular weight excluding hydrogens is 288 g/mol. The molecule has 0 aromatic carbocycles. The maximum Gasteiger partial charge on any atom is 0.223 e. The van der Waals surface area contributed by atoms with Gasteiger partial charge in [-0.3, -0.25) is 14.6 Å². The molecule has 1 saturated carbocycles.